The normalized spacial score (nSPS) is 23.7. The highest BCUT2D eigenvalue weighted by molar-refractivity contribution is 5.61. The van der Waals surface area contributed by atoms with Crippen LogP contribution in [0.3, 0.4) is 0 Å². The molecule has 1 saturated carbocycles. The number of hydrogen-bond acceptors (Lipinski definition) is 3. The summed E-state index contributed by atoms with van der Waals surface area (Å²) in [6, 6.07) is 6.59. The molecular weight excluding hydrogens is 260 g/mol. The predicted molar refractivity (Wildman–Crippen MR) is 89.3 cm³/mol. The molecule has 1 unspecified atom stereocenters. The van der Waals surface area contributed by atoms with E-state index in [1.54, 1.807) is 0 Å². The first kappa shape index (κ1) is 14.7. The van der Waals surface area contributed by atoms with E-state index in [1.165, 1.54) is 55.5 Å². The highest BCUT2D eigenvalue weighted by Crippen LogP contribution is 2.43. The van der Waals surface area contributed by atoms with Crippen molar-refractivity contribution < 1.29 is 4.74 Å². The highest BCUT2D eigenvalue weighted by atomic mass is 16.5. The molecule has 1 aliphatic heterocycles. The number of nitrogens with one attached hydrogen (secondary N) is 1. The van der Waals surface area contributed by atoms with E-state index in [2.05, 4.69) is 49.4 Å². The van der Waals surface area contributed by atoms with Crippen molar-refractivity contribution in [2.24, 2.45) is 0 Å². The SMILES string of the molecule is Cc1ccc(NCC2CCC3(CCCC3)O2)cc1N(C)C. The molecule has 2 fully saturated rings. The summed E-state index contributed by atoms with van der Waals surface area (Å²) in [5, 5.41) is 3.56. The van der Waals surface area contributed by atoms with Crippen molar-refractivity contribution in [1.82, 2.24) is 0 Å². The fourth-order valence-corrected chi connectivity index (χ4v) is 3.86. The summed E-state index contributed by atoms with van der Waals surface area (Å²) in [6.07, 6.45) is 8.11. The van der Waals surface area contributed by atoms with Crippen molar-refractivity contribution in [1.29, 1.82) is 0 Å². The highest BCUT2D eigenvalue weighted by Gasteiger charge is 2.41. The topological polar surface area (TPSA) is 24.5 Å². The summed E-state index contributed by atoms with van der Waals surface area (Å²) in [5.74, 6) is 0. The second-order valence-corrected chi connectivity index (χ2v) is 6.95. The summed E-state index contributed by atoms with van der Waals surface area (Å²) in [7, 11) is 4.19. The molecule has 0 amide bonds. The molecule has 3 rings (SSSR count). The first-order valence-corrected chi connectivity index (χ1v) is 8.28. The average molecular weight is 288 g/mol. The van der Waals surface area contributed by atoms with Crippen molar-refractivity contribution in [3.8, 4) is 0 Å². The molecule has 1 atom stereocenters. The van der Waals surface area contributed by atoms with Crippen LogP contribution in [0.5, 0.6) is 0 Å². The molecule has 1 N–H and O–H groups in total. The van der Waals surface area contributed by atoms with Gasteiger partial charge in [0.05, 0.1) is 11.7 Å². The molecule has 0 radical (unpaired) electrons. The van der Waals surface area contributed by atoms with Crippen LogP contribution in [0.15, 0.2) is 18.2 Å². The largest absolute Gasteiger partial charge is 0.382 e. The Hall–Kier alpha value is -1.22. The summed E-state index contributed by atoms with van der Waals surface area (Å²) in [6.45, 7) is 3.08. The number of anilines is 2. The van der Waals surface area contributed by atoms with E-state index >= 15 is 0 Å². The number of aryl methyl sites for hydroxylation is 1. The minimum atomic E-state index is 0.244. The maximum absolute atomic E-state index is 6.36. The molecule has 2 aliphatic rings. The molecule has 1 aromatic rings. The van der Waals surface area contributed by atoms with Gasteiger partial charge in [0.1, 0.15) is 0 Å². The Balaban J connectivity index is 1.57. The van der Waals surface area contributed by atoms with Gasteiger partial charge < -0.3 is 15.0 Å². The van der Waals surface area contributed by atoms with E-state index in [4.69, 9.17) is 4.74 Å². The summed E-state index contributed by atoms with van der Waals surface area (Å²) >= 11 is 0. The third kappa shape index (κ3) is 3.18. The lowest BCUT2D eigenvalue weighted by Gasteiger charge is -2.24. The monoisotopic (exact) mass is 288 g/mol. The van der Waals surface area contributed by atoms with Gasteiger partial charge in [-0.15, -0.1) is 0 Å². The third-order valence-corrected chi connectivity index (χ3v) is 5.08. The van der Waals surface area contributed by atoms with E-state index in [0.29, 0.717) is 6.10 Å². The van der Waals surface area contributed by atoms with Gasteiger partial charge in [-0.3, -0.25) is 0 Å². The standard InChI is InChI=1S/C18H28N2O/c1-14-6-7-15(12-17(14)20(2)3)19-13-16-8-11-18(21-16)9-4-5-10-18/h6-7,12,16,19H,4-5,8-11,13H2,1-3H3. The van der Waals surface area contributed by atoms with Gasteiger partial charge in [-0.2, -0.15) is 0 Å². The van der Waals surface area contributed by atoms with Crippen LogP contribution in [0.4, 0.5) is 11.4 Å². The van der Waals surface area contributed by atoms with Gasteiger partial charge in [0.2, 0.25) is 0 Å². The van der Waals surface area contributed by atoms with Gasteiger partial charge in [-0.1, -0.05) is 18.9 Å². The maximum Gasteiger partial charge on any atom is 0.0756 e. The van der Waals surface area contributed by atoms with Crippen molar-refractivity contribution >= 4 is 11.4 Å². The minimum absolute atomic E-state index is 0.244. The molecule has 1 spiro atoms. The fourth-order valence-electron chi connectivity index (χ4n) is 3.86. The van der Waals surface area contributed by atoms with Crippen LogP contribution in [0.2, 0.25) is 0 Å². The van der Waals surface area contributed by atoms with Crippen LogP contribution in [0, 0.1) is 6.92 Å². The zero-order chi connectivity index (χ0) is 14.9. The van der Waals surface area contributed by atoms with Crippen LogP contribution in [-0.4, -0.2) is 32.3 Å². The van der Waals surface area contributed by atoms with Crippen molar-refractivity contribution in [2.75, 3.05) is 30.9 Å². The molecule has 21 heavy (non-hydrogen) atoms. The Morgan fingerprint density at radius 2 is 2.00 bits per heavy atom. The number of ether oxygens (including phenoxy) is 1. The lowest BCUT2D eigenvalue weighted by atomic mass is 9.98. The van der Waals surface area contributed by atoms with Gasteiger partial charge >= 0.3 is 0 Å². The molecular formula is C18H28N2O. The summed E-state index contributed by atoms with van der Waals surface area (Å²) in [4.78, 5) is 2.17. The quantitative estimate of drug-likeness (QED) is 0.907. The summed E-state index contributed by atoms with van der Waals surface area (Å²) < 4.78 is 6.36. The molecule has 0 bridgehead atoms. The number of hydrogen-bond donors (Lipinski definition) is 1. The smallest absolute Gasteiger partial charge is 0.0756 e. The average Bonchev–Trinajstić information content (AvgIpc) is 3.08. The van der Waals surface area contributed by atoms with Crippen LogP contribution < -0.4 is 10.2 Å². The molecule has 1 saturated heterocycles. The second kappa shape index (κ2) is 5.88. The Morgan fingerprint density at radius 1 is 1.24 bits per heavy atom. The van der Waals surface area contributed by atoms with Gasteiger partial charge in [0, 0.05) is 32.0 Å². The van der Waals surface area contributed by atoms with Crippen LogP contribution in [0.1, 0.15) is 44.1 Å². The van der Waals surface area contributed by atoms with Gasteiger partial charge in [-0.25, -0.2) is 0 Å². The van der Waals surface area contributed by atoms with Crippen molar-refractivity contribution in [2.45, 2.75) is 57.2 Å². The number of rotatable bonds is 4. The Bertz CT molecular complexity index is 492. The van der Waals surface area contributed by atoms with Crippen LogP contribution >= 0.6 is 0 Å². The van der Waals surface area contributed by atoms with Gasteiger partial charge in [-0.05, 0) is 50.3 Å². The minimum Gasteiger partial charge on any atom is -0.382 e. The Labute approximate surface area is 128 Å². The van der Waals surface area contributed by atoms with E-state index < -0.39 is 0 Å². The maximum atomic E-state index is 6.36. The van der Waals surface area contributed by atoms with E-state index in [0.717, 1.165) is 6.54 Å². The molecule has 3 nitrogen and oxygen atoms in total. The Morgan fingerprint density at radius 3 is 2.71 bits per heavy atom. The first-order valence-electron chi connectivity index (χ1n) is 8.28. The van der Waals surface area contributed by atoms with Gasteiger partial charge in [0.25, 0.3) is 0 Å². The van der Waals surface area contributed by atoms with Crippen LogP contribution in [0.25, 0.3) is 0 Å². The van der Waals surface area contributed by atoms with E-state index in [9.17, 15) is 0 Å². The molecule has 3 heteroatoms. The van der Waals surface area contributed by atoms with E-state index in [-0.39, 0.29) is 5.60 Å². The molecule has 0 aromatic heterocycles. The lowest BCUT2D eigenvalue weighted by molar-refractivity contribution is -0.0307. The molecule has 1 heterocycles. The summed E-state index contributed by atoms with van der Waals surface area (Å²) in [5.41, 5.74) is 4.03. The number of nitrogens with zero attached hydrogens (tertiary/aromatic N) is 1. The fraction of sp³-hybridized carbons (Fsp3) is 0.667. The molecule has 1 aromatic carbocycles. The molecule has 116 valence electrons. The zero-order valence-corrected chi connectivity index (χ0v) is 13.6. The van der Waals surface area contributed by atoms with E-state index in [1.807, 2.05) is 0 Å². The molecule has 1 aliphatic carbocycles. The lowest BCUT2D eigenvalue weighted by Crippen LogP contribution is -2.27. The predicted octanol–water partition coefficient (Wildman–Crippen LogP) is 3.96. The second-order valence-electron chi connectivity index (χ2n) is 6.95. The zero-order valence-electron chi connectivity index (χ0n) is 13.6. The van der Waals surface area contributed by atoms with Crippen molar-refractivity contribution in [3.63, 3.8) is 0 Å². The van der Waals surface area contributed by atoms with Crippen molar-refractivity contribution in [3.05, 3.63) is 23.8 Å². The first-order chi connectivity index (χ1) is 10.1. The van der Waals surface area contributed by atoms with Crippen LogP contribution in [-0.2, 0) is 4.74 Å². The Kier molecular flexibility index (Phi) is 4.12. The number of benzene rings is 1. The van der Waals surface area contributed by atoms with Gasteiger partial charge in [0.15, 0.2) is 0 Å². The third-order valence-electron chi connectivity index (χ3n) is 5.08.